The predicted octanol–water partition coefficient (Wildman–Crippen LogP) is 3.67. The molecule has 1 aromatic carbocycles. The van der Waals surface area contributed by atoms with Crippen LogP contribution in [0.25, 0.3) is 0 Å². The van der Waals surface area contributed by atoms with E-state index in [4.69, 9.17) is 11.6 Å². The maximum absolute atomic E-state index is 6.10. The fourth-order valence-electron chi connectivity index (χ4n) is 2.84. The Morgan fingerprint density at radius 1 is 1.00 bits per heavy atom. The summed E-state index contributed by atoms with van der Waals surface area (Å²) in [5.74, 6) is 1.84. The number of nitrogens with zero attached hydrogens (tertiary/aromatic N) is 4. The Bertz CT molecular complexity index is 690. The second-order valence-corrected chi connectivity index (χ2v) is 7.53. The minimum atomic E-state index is -0.0170. The van der Waals surface area contributed by atoms with Crippen molar-refractivity contribution < 1.29 is 0 Å². The van der Waals surface area contributed by atoms with Crippen LogP contribution in [0.1, 0.15) is 20.8 Å². The first-order valence-corrected chi connectivity index (χ1v) is 8.64. The predicted molar refractivity (Wildman–Crippen MR) is 101 cm³/mol. The Morgan fingerprint density at radius 3 is 2.38 bits per heavy atom. The molecule has 5 nitrogen and oxygen atoms in total. The van der Waals surface area contributed by atoms with Gasteiger partial charge in [0.15, 0.2) is 0 Å². The third kappa shape index (κ3) is 4.29. The van der Waals surface area contributed by atoms with E-state index in [9.17, 15) is 0 Å². The number of nitrogens with one attached hydrogen (secondary N) is 1. The minimum absolute atomic E-state index is 0.0170. The summed E-state index contributed by atoms with van der Waals surface area (Å²) in [4.78, 5) is 13.4. The first-order valence-electron chi connectivity index (χ1n) is 8.26. The maximum atomic E-state index is 6.10. The summed E-state index contributed by atoms with van der Waals surface area (Å²) in [5, 5.41) is 4.18. The van der Waals surface area contributed by atoms with Gasteiger partial charge in [0, 0.05) is 48.5 Å². The molecule has 24 heavy (non-hydrogen) atoms. The van der Waals surface area contributed by atoms with Gasteiger partial charge in [-0.25, -0.2) is 9.97 Å². The van der Waals surface area contributed by atoms with Crippen LogP contribution in [0.4, 0.5) is 17.3 Å². The van der Waals surface area contributed by atoms with Crippen molar-refractivity contribution >= 4 is 28.9 Å². The Balaban J connectivity index is 1.65. The van der Waals surface area contributed by atoms with E-state index in [0.717, 1.165) is 42.8 Å². The van der Waals surface area contributed by atoms with E-state index in [2.05, 4.69) is 51.9 Å². The lowest BCUT2D eigenvalue weighted by molar-refractivity contribution is 0.627. The summed E-state index contributed by atoms with van der Waals surface area (Å²) in [6, 6.07) is 10.1. The molecule has 1 aliphatic heterocycles. The summed E-state index contributed by atoms with van der Waals surface area (Å²) < 4.78 is 0. The molecule has 1 aromatic heterocycles. The third-order valence-corrected chi connectivity index (χ3v) is 4.17. The van der Waals surface area contributed by atoms with Crippen LogP contribution in [-0.4, -0.2) is 41.7 Å². The lowest BCUT2D eigenvalue weighted by atomic mass is 10.1. The molecule has 1 N–H and O–H groups in total. The molecule has 0 spiro atoms. The number of hydrogen-bond donors (Lipinski definition) is 1. The van der Waals surface area contributed by atoms with E-state index in [0.29, 0.717) is 0 Å². The molecule has 0 unspecified atom stereocenters. The second kappa shape index (κ2) is 6.85. The lowest BCUT2D eigenvalue weighted by Crippen LogP contribution is -2.46. The van der Waals surface area contributed by atoms with Crippen molar-refractivity contribution in [1.82, 2.24) is 9.97 Å². The largest absolute Gasteiger partial charge is 0.368 e. The topological polar surface area (TPSA) is 44.3 Å². The highest BCUT2D eigenvalue weighted by Crippen LogP contribution is 2.23. The number of piperazine rings is 1. The normalized spacial score (nSPS) is 15.5. The zero-order valence-electron chi connectivity index (χ0n) is 14.5. The van der Waals surface area contributed by atoms with Crippen LogP contribution in [0.2, 0.25) is 5.02 Å². The minimum Gasteiger partial charge on any atom is -0.368 e. The molecule has 128 valence electrons. The van der Waals surface area contributed by atoms with Crippen LogP contribution in [0.15, 0.2) is 36.7 Å². The molecule has 1 aliphatic rings. The van der Waals surface area contributed by atoms with E-state index in [1.54, 1.807) is 6.33 Å². The van der Waals surface area contributed by atoms with Gasteiger partial charge in [0.1, 0.15) is 18.0 Å². The molecule has 0 atom stereocenters. The molecule has 0 bridgehead atoms. The summed E-state index contributed by atoms with van der Waals surface area (Å²) in [5.41, 5.74) is 1.16. The molecule has 0 amide bonds. The number of rotatable bonds is 3. The summed E-state index contributed by atoms with van der Waals surface area (Å²) >= 11 is 6.10. The van der Waals surface area contributed by atoms with Crippen LogP contribution in [0.5, 0.6) is 0 Å². The highest BCUT2D eigenvalue weighted by Gasteiger charge is 2.19. The molecule has 2 aromatic rings. The van der Waals surface area contributed by atoms with Crippen LogP contribution < -0.4 is 15.1 Å². The molecular weight excluding hydrogens is 322 g/mol. The van der Waals surface area contributed by atoms with Gasteiger partial charge in [0.25, 0.3) is 0 Å². The van der Waals surface area contributed by atoms with Gasteiger partial charge in [-0.1, -0.05) is 17.7 Å². The molecule has 1 fully saturated rings. The molecule has 1 saturated heterocycles. The average Bonchev–Trinajstić information content (AvgIpc) is 2.54. The molecule has 0 radical (unpaired) electrons. The van der Waals surface area contributed by atoms with Crippen molar-refractivity contribution in [3.63, 3.8) is 0 Å². The first-order chi connectivity index (χ1) is 11.4. The summed E-state index contributed by atoms with van der Waals surface area (Å²) in [7, 11) is 0. The van der Waals surface area contributed by atoms with Crippen molar-refractivity contribution in [2.45, 2.75) is 26.3 Å². The lowest BCUT2D eigenvalue weighted by Gasteiger charge is -2.37. The van der Waals surface area contributed by atoms with Crippen LogP contribution in [-0.2, 0) is 0 Å². The quantitative estimate of drug-likeness (QED) is 0.919. The van der Waals surface area contributed by atoms with E-state index in [-0.39, 0.29) is 5.54 Å². The maximum Gasteiger partial charge on any atom is 0.134 e. The Labute approximate surface area is 148 Å². The smallest absolute Gasteiger partial charge is 0.134 e. The highest BCUT2D eigenvalue weighted by molar-refractivity contribution is 6.30. The highest BCUT2D eigenvalue weighted by atomic mass is 35.5. The number of aromatic nitrogens is 2. The Kier molecular flexibility index (Phi) is 4.81. The molecule has 0 aliphatic carbocycles. The Hall–Kier alpha value is -2.01. The molecule has 3 rings (SSSR count). The van der Waals surface area contributed by atoms with Crippen LogP contribution in [0, 0.1) is 0 Å². The van der Waals surface area contributed by atoms with E-state index in [1.807, 2.05) is 24.3 Å². The van der Waals surface area contributed by atoms with Crippen molar-refractivity contribution in [2.75, 3.05) is 41.3 Å². The van der Waals surface area contributed by atoms with Gasteiger partial charge in [0.2, 0.25) is 0 Å². The molecule has 2 heterocycles. The number of anilines is 3. The van der Waals surface area contributed by atoms with E-state index >= 15 is 0 Å². The number of hydrogen-bond acceptors (Lipinski definition) is 5. The summed E-state index contributed by atoms with van der Waals surface area (Å²) in [6.07, 6.45) is 1.63. The second-order valence-electron chi connectivity index (χ2n) is 7.09. The fraction of sp³-hybridized carbons (Fsp3) is 0.444. The average molecular weight is 346 g/mol. The zero-order valence-corrected chi connectivity index (χ0v) is 15.2. The van der Waals surface area contributed by atoms with E-state index in [1.165, 1.54) is 5.69 Å². The van der Waals surface area contributed by atoms with Gasteiger partial charge in [-0.2, -0.15) is 0 Å². The monoisotopic (exact) mass is 345 g/mol. The zero-order chi connectivity index (χ0) is 17.2. The van der Waals surface area contributed by atoms with E-state index < -0.39 is 0 Å². The van der Waals surface area contributed by atoms with Gasteiger partial charge in [-0.15, -0.1) is 0 Å². The molecular formula is C18H24ClN5. The third-order valence-electron chi connectivity index (χ3n) is 3.93. The van der Waals surface area contributed by atoms with Crippen molar-refractivity contribution in [3.8, 4) is 0 Å². The van der Waals surface area contributed by atoms with Crippen LogP contribution in [0.3, 0.4) is 0 Å². The Morgan fingerprint density at radius 2 is 1.71 bits per heavy atom. The molecule has 0 saturated carbocycles. The fourth-order valence-corrected chi connectivity index (χ4v) is 3.02. The van der Waals surface area contributed by atoms with Gasteiger partial charge in [-0.3, -0.25) is 0 Å². The van der Waals surface area contributed by atoms with Crippen LogP contribution >= 0.6 is 11.6 Å². The molecule has 6 heteroatoms. The van der Waals surface area contributed by atoms with Gasteiger partial charge >= 0.3 is 0 Å². The van der Waals surface area contributed by atoms with Gasteiger partial charge in [-0.05, 0) is 39.0 Å². The van der Waals surface area contributed by atoms with Gasteiger partial charge < -0.3 is 15.1 Å². The van der Waals surface area contributed by atoms with Crippen molar-refractivity contribution in [2.24, 2.45) is 0 Å². The SMILES string of the molecule is CC(C)(C)Nc1cc(N2CCN(c3cccc(Cl)c3)CC2)ncn1. The van der Waals surface area contributed by atoms with Crippen molar-refractivity contribution in [3.05, 3.63) is 41.7 Å². The summed E-state index contributed by atoms with van der Waals surface area (Å²) in [6.45, 7) is 10.1. The number of benzene rings is 1. The standard InChI is InChI=1S/C18H24ClN5/c1-18(2,3)22-16-12-17(21-13-20-16)24-9-7-23(8-10-24)15-6-4-5-14(19)11-15/h4-6,11-13H,7-10H2,1-3H3,(H,20,21,22). The first kappa shape index (κ1) is 16.8. The number of halogens is 1. The van der Waals surface area contributed by atoms with Gasteiger partial charge in [0.05, 0.1) is 0 Å². The van der Waals surface area contributed by atoms with Crippen molar-refractivity contribution in [1.29, 1.82) is 0 Å².